The fraction of sp³-hybridized carbons (Fsp3) is 0.458. The lowest BCUT2D eigenvalue weighted by molar-refractivity contribution is -0.123. The Balaban J connectivity index is 1.96. The predicted molar refractivity (Wildman–Crippen MR) is 129 cm³/mol. The van der Waals surface area contributed by atoms with E-state index in [-0.39, 0.29) is 17.6 Å². The minimum Gasteiger partial charge on any atom is -0.487 e. The summed E-state index contributed by atoms with van der Waals surface area (Å²) in [4.78, 5) is 13.5. The standard InChI is InChI=1S/C24H31ClN2O4S/c1-5-21(27(32(4,29)30)18-12-10-11-17(25)15-18)23(28)26-20-16-24(6-2,7-3)31-22-14-9-8-13-19(20)22/h8-15,20-21H,5-7,16H2,1-4H3,(H,26,28)/t20-,21-/m1/s1. The summed E-state index contributed by atoms with van der Waals surface area (Å²) in [6.07, 6.45) is 3.64. The van der Waals surface area contributed by atoms with Crippen LogP contribution >= 0.6 is 11.6 Å². The molecule has 0 saturated heterocycles. The van der Waals surface area contributed by atoms with Gasteiger partial charge in [-0.25, -0.2) is 8.42 Å². The Morgan fingerprint density at radius 1 is 1.19 bits per heavy atom. The van der Waals surface area contributed by atoms with Crippen LogP contribution in [0.5, 0.6) is 5.75 Å². The zero-order chi connectivity index (χ0) is 23.5. The fourth-order valence-electron chi connectivity index (χ4n) is 4.37. The SMILES string of the molecule is CC[C@H](C(=O)N[C@@H]1CC(CC)(CC)Oc2ccccc21)N(c1cccc(Cl)c1)S(C)(=O)=O. The molecule has 2 aromatic carbocycles. The minimum atomic E-state index is -3.74. The van der Waals surface area contributed by atoms with Crippen LogP contribution in [0.3, 0.4) is 0 Å². The highest BCUT2D eigenvalue weighted by Gasteiger charge is 2.40. The number of hydrogen-bond acceptors (Lipinski definition) is 4. The van der Waals surface area contributed by atoms with E-state index in [9.17, 15) is 13.2 Å². The van der Waals surface area contributed by atoms with E-state index in [1.807, 2.05) is 24.3 Å². The highest BCUT2D eigenvalue weighted by Crippen LogP contribution is 2.42. The number of amides is 1. The summed E-state index contributed by atoms with van der Waals surface area (Å²) in [5, 5.41) is 3.53. The first-order valence-electron chi connectivity index (χ1n) is 11.0. The highest BCUT2D eigenvalue weighted by atomic mass is 35.5. The maximum atomic E-state index is 13.5. The Hall–Kier alpha value is -2.25. The van der Waals surface area contributed by atoms with Crippen molar-refractivity contribution in [3.8, 4) is 5.75 Å². The molecule has 8 heteroatoms. The molecule has 3 rings (SSSR count). The number of sulfonamides is 1. The normalized spacial score (nSPS) is 18.2. The molecule has 2 atom stereocenters. The van der Waals surface area contributed by atoms with Gasteiger partial charge in [0, 0.05) is 17.0 Å². The first-order valence-corrected chi connectivity index (χ1v) is 13.2. The van der Waals surface area contributed by atoms with E-state index < -0.39 is 16.1 Å². The third-order valence-electron chi connectivity index (χ3n) is 6.19. The number of anilines is 1. The van der Waals surface area contributed by atoms with Gasteiger partial charge in [0.25, 0.3) is 0 Å². The first kappa shape index (κ1) is 24.4. The summed E-state index contributed by atoms with van der Waals surface area (Å²) in [5.74, 6) is 0.413. The van der Waals surface area contributed by atoms with Crippen molar-refractivity contribution in [2.75, 3.05) is 10.6 Å². The van der Waals surface area contributed by atoms with Crippen molar-refractivity contribution >= 4 is 33.2 Å². The number of ether oxygens (including phenoxy) is 1. The summed E-state index contributed by atoms with van der Waals surface area (Å²) >= 11 is 6.11. The molecule has 2 aromatic rings. The first-order chi connectivity index (χ1) is 15.1. The average Bonchev–Trinajstić information content (AvgIpc) is 2.76. The Bertz CT molecular complexity index is 1070. The second kappa shape index (κ2) is 9.71. The molecule has 1 heterocycles. The van der Waals surface area contributed by atoms with Gasteiger partial charge >= 0.3 is 0 Å². The average molecular weight is 479 g/mol. The highest BCUT2D eigenvalue weighted by molar-refractivity contribution is 7.92. The van der Waals surface area contributed by atoms with Crippen LogP contribution < -0.4 is 14.4 Å². The van der Waals surface area contributed by atoms with Gasteiger partial charge in [-0.1, -0.05) is 56.6 Å². The molecule has 0 fully saturated rings. The Morgan fingerprint density at radius 2 is 1.88 bits per heavy atom. The van der Waals surface area contributed by atoms with Crippen LogP contribution in [0, 0.1) is 0 Å². The molecular formula is C24H31ClN2O4S. The van der Waals surface area contributed by atoms with Crippen LogP contribution in [0.15, 0.2) is 48.5 Å². The Kier molecular flexibility index (Phi) is 7.40. The molecule has 0 aromatic heterocycles. The lowest BCUT2D eigenvalue weighted by atomic mass is 9.83. The van der Waals surface area contributed by atoms with Crippen LogP contribution in [0.4, 0.5) is 5.69 Å². The number of nitrogens with zero attached hydrogens (tertiary/aromatic N) is 1. The van der Waals surface area contributed by atoms with Crippen molar-refractivity contribution in [3.05, 3.63) is 59.1 Å². The van der Waals surface area contributed by atoms with Crippen LogP contribution in [0.25, 0.3) is 0 Å². The van der Waals surface area contributed by atoms with Gasteiger partial charge in [-0.2, -0.15) is 0 Å². The van der Waals surface area contributed by atoms with E-state index in [2.05, 4.69) is 19.2 Å². The number of halogens is 1. The Morgan fingerprint density at radius 3 is 2.47 bits per heavy atom. The lowest BCUT2D eigenvalue weighted by Crippen LogP contribution is -2.52. The smallest absolute Gasteiger partial charge is 0.244 e. The monoisotopic (exact) mass is 478 g/mol. The zero-order valence-corrected chi connectivity index (χ0v) is 20.5. The van der Waals surface area contributed by atoms with Gasteiger partial charge in [0.05, 0.1) is 18.0 Å². The molecule has 0 radical (unpaired) electrons. The van der Waals surface area contributed by atoms with Gasteiger partial charge in [0.2, 0.25) is 15.9 Å². The van der Waals surface area contributed by atoms with E-state index in [4.69, 9.17) is 16.3 Å². The van der Waals surface area contributed by atoms with Gasteiger partial charge < -0.3 is 10.1 Å². The molecule has 1 aliphatic heterocycles. The van der Waals surface area contributed by atoms with Crippen LogP contribution in [0.1, 0.15) is 58.1 Å². The number of hydrogen-bond donors (Lipinski definition) is 1. The molecule has 1 aliphatic rings. The molecule has 0 aliphatic carbocycles. The van der Waals surface area contributed by atoms with E-state index in [0.717, 1.165) is 34.7 Å². The van der Waals surface area contributed by atoms with Crippen LogP contribution in [0.2, 0.25) is 5.02 Å². The number of rotatable bonds is 8. The maximum Gasteiger partial charge on any atom is 0.244 e. The summed E-state index contributed by atoms with van der Waals surface area (Å²) in [5.41, 5.74) is 0.894. The molecule has 1 N–H and O–H groups in total. The van der Waals surface area contributed by atoms with E-state index in [1.165, 1.54) is 0 Å². The summed E-state index contributed by atoms with van der Waals surface area (Å²) in [6, 6.07) is 13.1. The quantitative estimate of drug-likeness (QED) is 0.573. The molecule has 0 spiro atoms. The molecule has 6 nitrogen and oxygen atoms in total. The number of carbonyl (C=O) groups excluding carboxylic acids is 1. The van der Waals surface area contributed by atoms with E-state index in [0.29, 0.717) is 23.6 Å². The topological polar surface area (TPSA) is 75.7 Å². The molecule has 32 heavy (non-hydrogen) atoms. The molecular weight excluding hydrogens is 448 g/mol. The molecule has 0 bridgehead atoms. The lowest BCUT2D eigenvalue weighted by Gasteiger charge is -2.42. The third kappa shape index (κ3) is 5.04. The van der Waals surface area contributed by atoms with Gasteiger partial charge in [0.15, 0.2) is 0 Å². The van der Waals surface area contributed by atoms with Crippen LogP contribution in [-0.2, 0) is 14.8 Å². The van der Waals surface area contributed by atoms with Crippen molar-refractivity contribution in [2.24, 2.45) is 0 Å². The van der Waals surface area contributed by atoms with E-state index >= 15 is 0 Å². The summed E-state index contributed by atoms with van der Waals surface area (Å²) in [7, 11) is -3.74. The van der Waals surface area contributed by atoms with Crippen molar-refractivity contribution in [1.29, 1.82) is 0 Å². The molecule has 0 saturated carbocycles. The van der Waals surface area contributed by atoms with Gasteiger partial charge in [-0.05, 0) is 43.5 Å². The molecule has 174 valence electrons. The minimum absolute atomic E-state index is 0.276. The van der Waals surface area contributed by atoms with Crippen molar-refractivity contribution in [2.45, 2.75) is 64.1 Å². The van der Waals surface area contributed by atoms with Gasteiger partial charge in [-0.15, -0.1) is 0 Å². The predicted octanol–water partition coefficient (Wildman–Crippen LogP) is 5.08. The third-order valence-corrected chi connectivity index (χ3v) is 7.61. The van der Waals surface area contributed by atoms with Gasteiger partial charge in [0.1, 0.15) is 17.4 Å². The van der Waals surface area contributed by atoms with Crippen LogP contribution in [-0.4, -0.2) is 32.2 Å². The summed E-state index contributed by atoms with van der Waals surface area (Å²) < 4.78 is 32.9. The number of benzene rings is 2. The van der Waals surface area contributed by atoms with Crippen molar-refractivity contribution in [3.63, 3.8) is 0 Å². The number of para-hydroxylation sites is 1. The largest absolute Gasteiger partial charge is 0.487 e. The number of fused-ring (bicyclic) bond motifs is 1. The van der Waals surface area contributed by atoms with Gasteiger partial charge in [-0.3, -0.25) is 9.10 Å². The zero-order valence-electron chi connectivity index (χ0n) is 19.0. The van der Waals surface area contributed by atoms with E-state index in [1.54, 1.807) is 31.2 Å². The number of carbonyl (C=O) groups is 1. The second-order valence-electron chi connectivity index (χ2n) is 8.26. The van der Waals surface area contributed by atoms with Crippen molar-refractivity contribution < 1.29 is 17.9 Å². The number of nitrogens with one attached hydrogen (secondary N) is 1. The Labute approximate surface area is 196 Å². The second-order valence-corrected chi connectivity index (χ2v) is 10.6. The van der Waals surface area contributed by atoms with Crippen molar-refractivity contribution in [1.82, 2.24) is 5.32 Å². The molecule has 0 unspecified atom stereocenters. The molecule has 1 amide bonds. The summed E-state index contributed by atoms with van der Waals surface area (Å²) in [6.45, 7) is 5.96. The maximum absolute atomic E-state index is 13.5. The fourth-order valence-corrected chi connectivity index (χ4v) is 5.76.